The third kappa shape index (κ3) is 3.33. The van der Waals surface area contributed by atoms with Crippen molar-refractivity contribution < 1.29 is 0 Å². The molecule has 3 heteroatoms. The summed E-state index contributed by atoms with van der Waals surface area (Å²) in [5.74, 6) is 0. The van der Waals surface area contributed by atoms with Crippen molar-refractivity contribution in [2.24, 2.45) is 11.1 Å². The van der Waals surface area contributed by atoms with Crippen LogP contribution >= 0.6 is 27.3 Å². The molecular weight excluding hydrogens is 294 g/mol. The van der Waals surface area contributed by atoms with E-state index in [9.17, 15) is 0 Å². The summed E-state index contributed by atoms with van der Waals surface area (Å²) < 4.78 is 1.27. The van der Waals surface area contributed by atoms with Crippen LogP contribution in [0.5, 0.6) is 0 Å². The highest BCUT2D eigenvalue weighted by Gasteiger charge is 2.32. The van der Waals surface area contributed by atoms with E-state index in [1.54, 1.807) is 0 Å². The topological polar surface area (TPSA) is 26.0 Å². The summed E-state index contributed by atoms with van der Waals surface area (Å²) in [5.41, 5.74) is 7.89. The zero-order valence-electron chi connectivity index (χ0n) is 10.6. The van der Waals surface area contributed by atoms with Crippen LogP contribution in [0.4, 0.5) is 0 Å². The first-order valence-electron chi connectivity index (χ1n) is 6.60. The predicted octanol–water partition coefficient (Wildman–Crippen LogP) is 4.66. The van der Waals surface area contributed by atoms with Gasteiger partial charge in [-0.15, -0.1) is 11.3 Å². The van der Waals surface area contributed by atoms with Crippen molar-refractivity contribution in [3.63, 3.8) is 0 Å². The van der Waals surface area contributed by atoms with Gasteiger partial charge in [0.05, 0.1) is 3.79 Å². The Hall–Kier alpha value is 0.140. The van der Waals surface area contributed by atoms with Crippen LogP contribution in [0.15, 0.2) is 9.85 Å². The Labute approximate surface area is 117 Å². The van der Waals surface area contributed by atoms with E-state index in [0.29, 0.717) is 5.41 Å². The van der Waals surface area contributed by atoms with Gasteiger partial charge in [-0.05, 0) is 78.5 Å². The smallest absolute Gasteiger partial charge is 0.0704 e. The fourth-order valence-electron chi connectivity index (χ4n) is 3.18. The van der Waals surface area contributed by atoms with Crippen molar-refractivity contribution in [3.8, 4) is 0 Å². The molecule has 2 rings (SSSR count). The maximum absolute atomic E-state index is 5.79. The number of halogens is 1. The van der Waals surface area contributed by atoms with Gasteiger partial charge in [0, 0.05) is 4.88 Å². The molecule has 0 aliphatic heterocycles. The van der Waals surface area contributed by atoms with Crippen LogP contribution in [0.3, 0.4) is 0 Å². The first-order chi connectivity index (χ1) is 8.15. The van der Waals surface area contributed by atoms with Gasteiger partial charge in [0.2, 0.25) is 0 Å². The Kier molecular flexibility index (Phi) is 4.67. The molecule has 17 heavy (non-hydrogen) atoms. The standard InChI is InChI=1S/C14H22BrNS/c1-11-12(10-13(15)17-11)4-7-14(8-9-16)5-2-3-6-14/h10H,2-9,16H2,1H3. The minimum Gasteiger partial charge on any atom is -0.330 e. The molecule has 1 saturated carbocycles. The van der Waals surface area contributed by atoms with E-state index in [2.05, 4.69) is 28.9 Å². The Bertz CT molecular complexity index is 366. The van der Waals surface area contributed by atoms with Gasteiger partial charge in [-0.1, -0.05) is 12.8 Å². The highest BCUT2D eigenvalue weighted by Crippen LogP contribution is 2.45. The summed E-state index contributed by atoms with van der Waals surface area (Å²) in [6.07, 6.45) is 9.39. The molecule has 1 aromatic heterocycles. The molecule has 0 saturated heterocycles. The second-order valence-electron chi connectivity index (χ2n) is 5.38. The molecule has 0 unspecified atom stereocenters. The minimum absolute atomic E-state index is 0.565. The van der Waals surface area contributed by atoms with E-state index < -0.39 is 0 Å². The summed E-state index contributed by atoms with van der Waals surface area (Å²) in [6.45, 7) is 3.08. The third-order valence-electron chi connectivity index (χ3n) is 4.25. The van der Waals surface area contributed by atoms with Gasteiger partial charge in [-0.25, -0.2) is 0 Å². The van der Waals surface area contributed by atoms with Gasteiger partial charge in [-0.3, -0.25) is 0 Å². The molecule has 0 atom stereocenters. The number of hydrogen-bond acceptors (Lipinski definition) is 2. The Balaban J connectivity index is 1.98. The third-order valence-corrected chi connectivity index (χ3v) is 5.85. The molecule has 0 amide bonds. The normalized spacial score (nSPS) is 18.8. The van der Waals surface area contributed by atoms with Crippen molar-refractivity contribution in [2.45, 2.75) is 51.9 Å². The van der Waals surface area contributed by atoms with Crippen LogP contribution in [0.2, 0.25) is 0 Å². The monoisotopic (exact) mass is 315 g/mol. The highest BCUT2D eigenvalue weighted by molar-refractivity contribution is 9.11. The molecule has 1 fully saturated rings. The van der Waals surface area contributed by atoms with Crippen molar-refractivity contribution in [3.05, 3.63) is 20.3 Å². The van der Waals surface area contributed by atoms with Gasteiger partial charge in [0.15, 0.2) is 0 Å². The molecule has 0 radical (unpaired) electrons. The maximum atomic E-state index is 5.79. The molecular formula is C14H22BrNS. The summed E-state index contributed by atoms with van der Waals surface area (Å²) in [7, 11) is 0. The van der Waals surface area contributed by atoms with E-state index in [1.165, 1.54) is 59.2 Å². The minimum atomic E-state index is 0.565. The number of hydrogen-bond donors (Lipinski definition) is 1. The first kappa shape index (κ1) is 13.6. The van der Waals surface area contributed by atoms with Crippen molar-refractivity contribution in [1.29, 1.82) is 0 Å². The van der Waals surface area contributed by atoms with E-state index in [4.69, 9.17) is 5.73 Å². The number of nitrogens with two attached hydrogens (primary N) is 1. The molecule has 2 N–H and O–H groups in total. The lowest BCUT2D eigenvalue weighted by Crippen LogP contribution is -2.21. The summed E-state index contributed by atoms with van der Waals surface area (Å²) >= 11 is 5.44. The second-order valence-corrected chi connectivity index (χ2v) is 8.01. The highest BCUT2D eigenvalue weighted by atomic mass is 79.9. The molecule has 1 heterocycles. The van der Waals surface area contributed by atoms with Gasteiger partial charge in [0.25, 0.3) is 0 Å². The first-order valence-corrected chi connectivity index (χ1v) is 8.21. The Morgan fingerprint density at radius 3 is 2.59 bits per heavy atom. The fraction of sp³-hybridized carbons (Fsp3) is 0.714. The molecule has 1 aromatic rings. The quantitative estimate of drug-likeness (QED) is 0.840. The van der Waals surface area contributed by atoms with Gasteiger partial charge < -0.3 is 5.73 Å². The van der Waals surface area contributed by atoms with Gasteiger partial charge in [-0.2, -0.15) is 0 Å². The average molecular weight is 316 g/mol. The van der Waals surface area contributed by atoms with Gasteiger partial charge >= 0.3 is 0 Å². The largest absolute Gasteiger partial charge is 0.330 e. The van der Waals surface area contributed by atoms with Crippen LogP contribution < -0.4 is 5.73 Å². The van der Waals surface area contributed by atoms with Crippen molar-refractivity contribution >= 4 is 27.3 Å². The SMILES string of the molecule is Cc1sc(Br)cc1CCC1(CCN)CCCC1. The molecule has 0 bridgehead atoms. The molecule has 0 spiro atoms. The second kappa shape index (κ2) is 5.85. The molecule has 96 valence electrons. The van der Waals surface area contributed by atoms with Crippen LogP contribution in [-0.4, -0.2) is 6.54 Å². The maximum Gasteiger partial charge on any atom is 0.0704 e. The molecule has 1 nitrogen and oxygen atoms in total. The molecule has 1 aliphatic carbocycles. The van der Waals surface area contributed by atoms with Crippen LogP contribution in [0.25, 0.3) is 0 Å². The lowest BCUT2D eigenvalue weighted by molar-refractivity contribution is 0.253. The average Bonchev–Trinajstić information content (AvgIpc) is 2.84. The van der Waals surface area contributed by atoms with Crippen LogP contribution in [-0.2, 0) is 6.42 Å². The fourth-order valence-corrected chi connectivity index (χ4v) is 4.97. The molecule has 1 aliphatic rings. The predicted molar refractivity (Wildman–Crippen MR) is 79.6 cm³/mol. The van der Waals surface area contributed by atoms with E-state index in [1.807, 2.05) is 11.3 Å². The Morgan fingerprint density at radius 1 is 1.35 bits per heavy atom. The summed E-state index contributed by atoms with van der Waals surface area (Å²) in [4.78, 5) is 1.47. The van der Waals surface area contributed by atoms with E-state index in [0.717, 1.165) is 6.54 Å². The Morgan fingerprint density at radius 2 is 2.06 bits per heavy atom. The zero-order chi connectivity index (χ0) is 12.3. The lowest BCUT2D eigenvalue weighted by Gasteiger charge is -2.28. The number of thiophene rings is 1. The zero-order valence-corrected chi connectivity index (χ0v) is 13.0. The van der Waals surface area contributed by atoms with Gasteiger partial charge in [0.1, 0.15) is 0 Å². The van der Waals surface area contributed by atoms with E-state index in [-0.39, 0.29) is 0 Å². The van der Waals surface area contributed by atoms with Crippen molar-refractivity contribution in [2.75, 3.05) is 6.54 Å². The molecule has 0 aromatic carbocycles. The van der Waals surface area contributed by atoms with Crippen LogP contribution in [0, 0.1) is 12.3 Å². The summed E-state index contributed by atoms with van der Waals surface area (Å²) in [6, 6.07) is 2.30. The summed E-state index contributed by atoms with van der Waals surface area (Å²) in [5, 5.41) is 0. The van der Waals surface area contributed by atoms with Crippen molar-refractivity contribution in [1.82, 2.24) is 0 Å². The lowest BCUT2D eigenvalue weighted by atomic mass is 9.78. The van der Waals surface area contributed by atoms with Crippen LogP contribution in [0.1, 0.15) is 49.0 Å². The number of rotatable bonds is 5. The number of aryl methyl sites for hydroxylation is 2. The van der Waals surface area contributed by atoms with E-state index >= 15 is 0 Å².